The molecule has 2 atom stereocenters. The van der Waals surface area contributed by atoms with Crippen LogP contribution in [0.5, 0.6) is 0 Å². The Labute approximate surface area is 152 Å². The van der Waals surface area contributed by atoms with E-state index in [0.29, 0.717) is 6.61 Å². The molecule has 5 rings (SSSR count). The van der Waals surface area contributed by atoms with Gasteiger partial charge in [0.05, 0.1) is 17.0 Å². The number of carbonyl (C=O) groups is 1. The average Bonchev–Trinajstić information content (AvgIpc) is 3.21. The first kappa shape index (κ1) is 15.3. The molecule has 0 spiro atoms. The Hall–Kier alpha value is -2.93. The van der Waals surface area contributed by atoms with Crippen LogP contribution in [-0.4, -0.2) is 28.6 Å². The van der Waals surface area contributed by atoms with Gasteiger partial charge in [-0.25, -0.2) is 4.79 Å². The number of non-ortho nitro benzene ring substituents is 1. The standard InChI is InChI=1S/C19H14N2O4S/c22-19-20-13(10-25-19)9-15-14-3-1-2-4-16(14)26-18(15)17(20)11-5-7-12(8-6-11)21(23)24/h1-8,13,17H,9-10H2/t13-,17+/m0/s1. The molecule has 6 nitrogen and oxygen atoms in total. The van der Waals surface area contributed by atoms with Crippen LogP contribution in [0.4, 0.5) is 10.5 Å². The Morgan fingerprint density at radius 3 is 2.69 bits per heavy atom. The molecule has 0 bridgehead atoms. The number of fused-ring (bicyclic) bond motifs is 4. The number of carbonyl (C=O) groups excluding carboxylic acids is 1. The van der Waals surface area contributed by atoms with Crippen LogP contribution in [0.3, 0.4) is 0 Å². The van der Waals surface area contributed by atoms with Gasteiger partial charge in [-0.2, -0.15) is 0 Å². The van der Waals surface area contributed by atoms with Crippen LogP contribution >= 0.6 is 11.3 Å². The summed E-state index contributed by atoms with van der Waals surface area (Å²) in [6.45, 7) is 0.381. The van der Waals surface area contributed by atoms with Crippen LogP contribution < -0.4 is 0 Å². The van der Waals surface area contributed by atoms with Crippen LogP contribution in [0, 0.1) is 10.1 Å². The molecule has 2 aliphatic rings. The summed E-state index contributed by atoms with van der Waals surface area (Å²) in [5, 5.41) is 12.2. The Kier molecular flexibility index (Phi) is 3.27. The van der Waals surface area contributed by atoms with Gasteiger partial charge in [-0.1, -0.05) is 18.2 Å². The molecule has 1 fully saturated rings. The zero-order valence-electron chi connectivity index (χ0n) is 13.6. The number of cyclic esters (lactones) is 1. The summed E-state index contributed by atoms with van der Waals surface area (Å²) in [5.74, 6) is 0. The number of thiophene rings is 1. The van der Waals surface area contributed by atoms with E-state index in [1.54, 1.807) is 28.4 Å². The number of hydrogen-bond acceptors (Lipinski definition) is 5. The number of hydrogen-bond donors (Lipinski definition) is 0. The van der Waals surface area contributed by atoms with Crippen molar-refractivity contribution < 1.29 is 14.5 Å². The van der Waals surface area contributed by atoms with Crippen LogP contribution in [0.15, 0.2) is 48.5 Å². The number of nitro groups is 1. The molecule has 3 aromatic rings. The predicted octanol–water partition coefficient (Wildman–Crippen LogP) is 4.28. The van der Waals surface area contributed by atoms with E-state index in [2.05, 4.69) is 12.1 Å². The maximum atomic E-state index is 12.4. The fourth-order valence-corrected chi connectivity index (χ4v) is 5.31. The molecule has 2 aliphatic heterocycles. The molecule has 1 aromatic heterocycles. The highest BCUT2D eigenvalue weighted by molar-refractivity contribution is 7.19. The lowest BCUT2D eigenvalue weighted by Gasteiger charge is -2.35. The minimum absolute atomic E-state index is 0.00630. The monoisotopic (exact) mass is 366 g/mol. The normalized spacial score (nSPS) is 21.4. The van der Waals surface area contributed by atoms with Crippen LogP contribution in [0.25, 0.3) is 10.1 Å². The number of rotatable bonds is 2. The third kappa shape index (κ3) is 2.13. The minimum atomic E-state index is -0.414. The van der Waals surface area contributed by atoms with Crippen molar-refractivity contribution in [3.05, 3.63) is 74.6 Å². The minimum Gasteiger partial charge on any atom is -0.447 e. The largest absolute Gasteiger partial charge is 0.447 e. The topological polar surface area (TPSA) is 72.7 Å². The van der Waals surface area contributed by atoms with Gasteiger partial charge in [-0.3, -0.25) is 15.0 Å². The highest BCUT2D eigenvalue weighted by Gasteiger charge is 2.45. The smallest absolute Gasteiger partial charge is 0.411 e. The summed E-state index contributed by atoms with van der Waals surface area (Å²) >= 11 is 1.68. The average molecular weight is 366 g/mol. The van der Waals surface area contributed by atoms with Crippen LogP contribution in [0.2, 0.25) is 0 Å². The van der Waals surface area contributed by atoms with Crippen LogP contribution in [0.1, 0.15) is 22.0 Å². The van der Waals surface area contributed by atoms with Crippen LogP contribution in [-0.2, 0) is 11.2 Å². The molecule has 1 saturated heterocycles. The van der Waals surface area contributed by atoms with Gasteiger partial charge in [0.2, 0.25) is 0 Å². The predicted molar refractivity (Wildman–Crippen MR) is 97.4 cm³/mol. The number of ether oxygens (including phenoxy) is 1. The number of nitrogens with zero attached hydrogens (tertiary/aromatic N) is 2. The molecule has 0 radical (unpaired) electrons. The second-order valence-electron chi connectivity index (χ2n) is 6.53. The van der Waals surface area contributed by atoms with Crippen molar-refractivity contribution in [1.82, 2.24) is 4.90 Å². The second kappa shape index (κ2) is 5.54. The van der Waals surface area contributed by atoms with E-state index in [1.165, 1.54) is 27.8 Å². The van der Waals surface area contributed by atoms with Gasteiger partial charge in [0.25, 0.3) is 5.69 Å². The van der Waals surface area contributed by atoms with E-state index in [-0.39, 0.29) is 23.9 Å². The Balaban J connectivity index is 1.70. The van der Waals surface area contributed by atoms with Gasteiger partial charge < -0.3 is 4.74 Å². The van der Waals surface area contributed by atoms with Crippen molar-refractivity contribution in [3.8, 4) is 0 Å². The number of benzene rings is 2. The van der Waals surface area contributed by atoms with E-state index >= 15 is 0 Å². The van der Waals surface area contributed by atoms with Gasteiger partial charge >= 0.3 is 6.09 Å². The van der Waals surface area contributed by atoms with Crippen molar-refractivity contribution in [2.45, 2.75) is 18.5 Å². The molecule has 2 aromatic carbocycles. The molecular weight excluding hydrogens is 352 g/mol. The van der Waals surface area contributed by atoms with Crippen molar-refractivity contribution in [2.75, 3.05) is 6.61 Å². The van der Waals surface area contributed by atoms with E-state index in [1.807, 2.05) is 12.1 Å². The first-order valence-electron chi connectivity index (χ1n) is 8.33. The zero-order chi connectivity index (χ0) is 17.8. The van der Waals surface area contributed by atoms with Gasteiger partial charge in [0, 0.05) is 21.7 Å². The van der Waals surface area contributed by atoms with E-state index < -0.39 is 4.92 Å². The van der Waals surface area contributed by atoms with Crippen molar-refractivity contribution in [3.63, 3.8) is 0 Å². The SMILES string of the molecule is O=C1OC[C@@H]2Cc3c(sc4ccccc34)[C@@H](c3ccc([N+](=O)[O-])cc3)N12. The molecule has 3 heterocycles. The maximum absolute atomic E-state index is 12.4. The lowest BCUT2D eigenvalue weighted by molar-refractivity contribution is -0.384. The molecule has 0 aliphatic carbocycles. The van der Waals surface area contributed by atoms with E-state index in [0.717, 1.165) is 16.9 Å². The summed E-state index contributed by atoms with van der Waals surface area (Å²) in [5.41, 5.74) is 2.17. The van der Waals surface area contributed by atoms with Gasteiger partial charge in [-0.05, 0) is 41.1 Å². The third-order valence-electron chi connectivity index (χ3n) is 5.12. The quantitative estimate of drug-likeness (QED) is 0.501. The number of amides is 1. The molecule has 7 heteroatoms. The summed E-state index contributed by atoms with van der Waals surface area (Å²) in [7, 11) is 0. The lowest BCUT2D eigenvalue weighted by Crippen LogP contribution is -2.42. The molecule has 130 valence electrons. The highest BCUT2D eigenvalue weighted by atomic mass is 32.1. The molecule has 26 heavy (non-hydrogen) atoms. The zero-order valence-corrected chi connectivity index (χ0v) is 14.4. The Bertz CT molecular complexity index is 1040. The number of nitro benzene ring substituents is 1. The molecule has 1 amide bonds. The molecule has 0 N–H and O–H groups in total. The first-order chi connectivity index (χ1) is 12.6. The lowest BCUT2D eigenvalue weighted by atomic mass is 9.90. The summed E-state index contributed by atoms with van der Waals surface area (Å²) in [6.07, 6.45) is 0.454. The fourth-order valence-electron chi connectivity index (χ4n) is 3.95. The van der Waals surface area contributed by atoms with Crippen molar-refractivity contribution in [2.24, 2.45) is 0 Å². The van der Waals surface area contributed by atoms with Gasteiger partial charge in [0.1, 0.15) is 6.61 Å². The van der Waals surface area contributed by atoms with Gasteiger partial charge in [0.15, 0.2) is 0 Å². The molecule has 0 saturated carbocycles. The third-order valence-corrected chi connectivity index (χ3v) is 6.38. The highest BCUT2D eigenvalue weighted by Crippen LogP contribution is 2.47. The summed E-state index contributed by atoms with van der Waals surface area (Å²) in [4.78, 5) is 25.9. The van der Waals surface area contributed by atoms with Crippen molar-refractivity contribution >= 4 is 33.2 Å². The summed E-state index contributed by atoms with van der Waals surface area (Å²) < 4.78 is 6.50. The van der Waals surface area contributed by atoms with Crippen molar-refractivity contribution in [1.29, 1.82) is 0 Å². The van der Waals surface area contributed by atoms with E-state index in [9.17, 15) is 14.9 Å². The van der Waals surface area contributed by atoms with Gasteiger partial charge in [-0.15, -0.1) is 11.3 Å². The Morgan fingerprint density at radius 2 is 1.92 bits per heavy atom. The van der Waals surface area contributed by atoms with E-state index in [4.69, 9.17) is 4.74 Å². The fraction of sp³-hybridized carbons (Fsp3) is 0.211. The summed E-state index contributed by atoms with van der Waals surface area (Å²) in [6, 6.07) is 14.4. The molecular formula is C19H14N2O4S. The Morgan fingerprint density at radius 1 is 1.15 bits per heavy atom. The second-order valence-corrected chi connectivity index (χ2v) is 7.62. The maximum Gasteiger partial charge on any atom is 0.411 e. The molecule has 0 unspecified atom stereocenters. The first-order valence-corrected chi connectivity index (χ1v) is 9.15.